The minimum absolute atomic E-state index is 0.721. The van der Waals surface area contributed by atoms with Gasteiger partial charge in [-0.15, -0.1) is 0 Å². The second-order valence-corrected chi connectivity index (χ2v) is 5.07. The highest BCUT2D eigenvalue weighted by molar-refractivity contribution is 5.54. The predicted molar refractivity (Wildman–Crippen MR) is 82.0 cm³/mol. The Kier molecular flexibility index (Phi) is 3.41. The molecule has 0 unspecified atom stereocenters. The molecule has 20 heavy (non-hydrogen) atoms. The van der Waals surface area contributed by atoms with Crippen molar-refractivity contribution >= 4 is 17.3 Å². The number of hydrogen-bond acceptors (Lipinski definition) is 5. The number of piperazine rings is 1. The van der Waals surface area contributed by atoms with E-state index in [4.69, 9.17) is 5.73 Å². The maximum Gasteiger partial charge on any atom is 0.131 e. The number of nitrogens with zero attached hydrogens (tertiary/aromatic N) is 4. The molecule has 2 N–H and O–H groups in total. The number of aromatic nitrogens is 2. The first-order valence-corrected chi connectivity index (χ1v) is 6.87. The van der Waals surface area contributed by atoms with Crippen molar-refractivity contribution < 1.29 is 0 Å². The van der Waals surface area contributed by atoms with Crippen molar-refractivity contribution in [3.63, 3.8) is 0 Å². The maximum atomic E-state index is 5.76. The quantitative estimate of drug-likeness (QED) is 0.899. The highest BCUT2D eigenvalue weighted by atomic mass is 15.3. The molecule has 0 aliphatic carbocycles. The molecule has 1 aliphatic heterocycles. The van der Waals surface area contributed by atoms with E-state index in [-0.39, 0.29) is 0 Å². The zero-order valence-electron chi connectivity index (χ0n) is 11.7. The molecule has 5 nitrogen and oxygen atoms in total. The molecule has 5 heteroatoms. The number of nitrogen functional groups attached to an aromatic ring is 1. The summed E-state index contributed by atoms with van der Waals surface area (Å²) in [5.74, 6) is 2.09. The van der Waals surface area contributed by atoms with Gasteiger partial charge in [0.2, 0.25) is 0 Å². The largest absolute Gasteiger partial charge is 0.397 e. The number of aryl methyl sites for hydroxylation is 1. The molecule has 3 rings (SSSR count). The maximum absolute atomic E-state index is 5.76. The highest BCUT2D eigenvalue weighted by Gasteiger charge is 2.19. The Morgan fingerprint density at radius 2 is 1.80 bits per heavy atom. The zero-order chi connectivity index (χ0) is 13.9. The van der Waals surface area contributed by atoms with Crippen LogP contribution in [0.1, 0.15) is 5.56 Å². The van der Waals surface area contributed by atoms with Crippen LogP contribution in [0.5, 0.6) is 0 Å². The summed E-state index contributed by atoms with van der Waals surface area (Å²) < 4.78 is 0. The summed E-state index contributed by atoms with van der Waals surface area (Å²) in [4.78, 5) is 13.5. The van der Waals surface area contributed by atoms with Gasteiger partial charge in [0.15, 0.2) is 0 Å². The number of hydrogen-bond donors (Lipinski definition) is 1. The third-order valence-electron chi connectivity index (χ3n) is 3.62. The molecule has 0 radical (unpaired) electrons. The van der Waals surface area contributed by atoms with E-state index >= 15 is 0 Å². The van der Waals surface area contributed by atoms with Crippen molar-refractivity contribution in [2.45, 2.75) is 6.92 Å². The molecular weight excluding hydrogens is 250 g/mol. The molecule has 0 atom stereocenters. The molecule has 0 saturated carbocycles. The smallest absolute Gasteiger partial charge is 0.131 e. The summed E-state index contributed by atoms with van der Waals surface area (Å²) in [5, 5.41) is 0. The lowest BCUT2D eigenvalue weighted by Crippen LogP contribution is -2.47. The summed E-state index contributed by atoms with van der Waals surface area (Å²) in [7, 11) is 0. The minimum atomic E-state index is 0.721. The van der Waals surface area contributed by atoms with Crippen LogP contribution in [0, 0.1) is 6.92 Å². The third kappa shape index (κ3) is 2.52. The van der Waals surface area contributed by atoms with Crippen LogP contribution in [0.4, 0.5) is 17.3 Å². The predicted octanol–water partition coefficient (Wildman–Crippen LogP) is 1.69. The van der Waals surface area contributed by atoms with Crippen LogP contribution < -0.4 is 15.5 Å². The number of nitrogens with two attached hydrogens (primary N) is 1. The molecule has 1 saturated heterocycles. The lowest BCUT2D eigenvalue weighted by molar-refractivity contribution is 0.640. The minimum Gasteiger partial charge on any atom is -0.397 e. The molecule has 0 spiro atoms. The van der Waals surface area contributed by atoms with Crippen molar-refractivity contribution in [1.29, 1.82) is 0 Å². The van der Waals surface area contributed by atoms with Crippen LogP contribution in [-0.4, -0.2) is 36.1 Å². The second kappa shape index (κ2) is 5.36. The normalized spacial score (nSPS) is 15.4. The molecule has 2 aromatic rings. The van der Waals surface area contributed by atoms with Gasteiger partial charge in [0.25, 0.3) is 0 Å². The zero-order valence-corrected chi connectivity index (χ0v) is 11.7. The number of pyridine rings is 2. The van der Waals surface area contributed by atoms with E-state index in [0.717, 1.165) is 49.1 Å². The van der Waals surface area contributed by atoms with Crippen LogP contribution in [0.2, 0.25) is 0 Å². The molecule has 1 aliphatic rings. The summed E-state index contributed by atoms with van der Waals surface area (Å²) >= 11 is 0. The first kappa shape index (κ1) is 12.7. The standard InChI is InChI=1S/C15H19N5/c1-12-10-13(16)11-18-15(12)20-8-6-19(7-9-20)14-4-2-3-5-17-14/h2-5,10-11H,6-9,16H2,1H3. The summed E-state index contributed by atoms with van der Waals surface area (Å²) in [5.41, 5.74) is 7.61. The first-order valence-electron chi connectivity index (χ1n) is 6.87. The van der Waals surface area contributed by atoms with Gasteiger partial charge in [-0.05, 0) is 30.7 Å². The fraction of sp³-hybridized carbons (Fsp3) is 0.333. The van der Waals surface area contributed by atoms with Gasteiger partial charge in [-0.3, -0.25) is 0 Å². The van der Waals surface area contributed by atoms with Gasteiger partial charge < -0.3 is 15.5 Å². The van der Waals surface area contributed by atoms with Crippen LogP contribution in [0.15, 0.2) is 36.7 Å². The molecule has 0 aromatic carbocycles. The van der Waals surface area contributed by atoms with Gasteiger partial charge in [0, 0.05) is 32.4 Å². The fourth-order valence-corrected chi connectivity index (χ4v) is 2.61. The van der Waals surface area contributed by atoms with Gasteiger partial charge in [0.1, 0.15) is 11.6 Å². The Labute approximate surface area is 119 Å². The van der Waals surface area contributed by atoms with Gasteiger partial charge >= 0.3 is 0 Å². The molecule has 2 aromatic heterocycles. The second-order valence-electron chi connectivity index (χ2n) is 5.07. The van der Waals surface area contributed by atoms with Crippen molar-refractivity contribution in [3.8, 4) is 0 Å². The van der Waals surface area contributed by atoms with E-state index in [1.807, 2.05) is 24.4 Å². The third-order valence-corrected chi connectivity index (χ3v) is 3.62. The van der Waals surface area contributed by atoms with E-state index in [9.17, 15) is 0 Å². The van der Waals surface area contributed by atoms with E-state index in [1.165, 1.54) is 0 Å². The average Bonchev–Trinajstić information content (AvgIpc) is 2.48. The van der Waals surface area contributed by atoms with Gasteiger partial charge in [-0.25, -0.2) is 9.97 Å². The molecular formula is C15H19N5. The Morgan fingerprint density at radius 3 is 2.45 bits per heavy atom. The highest BCUT2D eigenvalue weighted by Crippen LogP contribution is 2.21. The Bertz CT molecular complexity index is 576. The molecule has 104 valence electrons. The summed E-state index contributed by atoms with van der Waals surface area (Å²) in [6, 6.07) is 8.01. The van der Waals surface area contributed by atoms with Crippen LogP contribution in [0.25, 0.3) is 0 Å². The van der Waals surface area contributed by atoms with Crippen molar-refractivity contribution in [2.24, 2.45) is 0 Å². The SMILES string of the molecule is Cc1cc(N)cnc1N1CCN(c2ccccn2)CC1. The van der Waals surface area contributed by atoms with Crippen LogP contribution >= 0.6 is 0 Å². The fourth-order valence-electron chi connectivity index (χ4n) is 2.61. The van der Waals surface area contributed by atoms with E-state index < -0.39 is 0 Å². The van der Waals surface area contributed by atoms with Crippen LogP contribution in [-0.2, 0) is 0 Å². The summed E-state index contributed by atoms with van der Waals surface area (Å²) in [6.45, 7) is 5.89. The van der Waals surface area contributed by atoms with E-state index in [0.29, 0.717) is 0 Å². The Balaban J connectivity index is 1.69. The lowest BCUT2D eigenvalue weighted by atomic mass is 10.2. The topological polar surface area (TPSA) is 58.3 Å². The Morgan fingerprint density at radius 1 is 1.05 bits per heavy atom. The monoisotopic (exact) mass is 269 g/mol. The summed E-state index contributed by atoms with van der Waals surface area (Å²) in [6.07, 6.45) is 3.57. The molecule has 3 heterocycles. The van der Waals surface area contributed by atoms with Crippen molar-refractivity contribution in [2.75, 3.05) is 41.7 Å². The average molecular weight is 269 g/mol. The van der Waals surface area contributed by atoms with Gasteiger partial charge in [0.05, 0.1) is 11.9 Å². The lowest BCUT2D eigenvalue weighted by Gasteiger charge is -2.36. The van der Waals surface area contributed by atoms with Gasteiger partial charge in [-0.2, -0.15) is 0 Å². The Hall–Kier alpha value is -2.30. The van der Waals surface area contributed by atoms with E-state index in [1.54, 1.807) is 6.20 Å². The molecule has 0 amide bonds. The van der Waals surface area contributed by atoms with Crippen molar-refractivity contribution in [3.05, 3.63) is 42.2 Å². The van der Waals surface area contributed by atoms with E-state index in [2.05, 4.69) is 32.8 Å². The van der Waals surface area contributed by atoms with Crippen molar-refractivity contribution in [1.82, 2.24) is 9.97 Å². The van der Waals surface area contributed by atoms with Gasteiger partial charge in [-0.1, -0.05) is 6.07 Å². The van der Waals surface area contributed by atoms with Crippen LogP contribution in [0.3, 0.4) is 0 Å². The molecule has 0 bridgehead atoms. The first-order chi connectivity index (χ1) is 9.74. The molecule has 1 fully saturated rings. The number of anilines is 3. The number of rotatable bonds is 2.